The van der Waals surface area contributed by atoms with E-state index in [0.29, 0.717) is 11.5 Å². The second kappa shape index (κ2) is 9.87. The third kappa shape index (κ3) is 5.68. The fourth-order valence-electron chi connectivity index (χ4n) is 2.95. The fraction of sp³-hybridized carbons (Fsp3) is 0.0769. The van der Waals surface area contributed by atoms with Crippen LogP contribution in [0, 0.1) is 11.6 Å². The van der Waals surface area contributed by atoms with E-state index in [1.54, 1.807) is 0 Å². The van der Waals surface area contributed by atoms with E-state index in [9.17, 15) is 8.78 Å². The molecular formula is C26H20F2O3. The molecule has 0 fully saturated rings. The highest BCUT2D eigenvalue weighted by Gasteiger charge is 2.23. The molecule has 5 heteroatoms. The van der Waals surface area contributed by atoms with Gasteiger partial charge in [-0.2, -0.15) is 0 Å². The lowest BCUT2D eigenvalue weighted by molar-refractivity contribution is -0.192. The van der Waals surface area contributed by atoms with Crippen LogP contribution in [0.2, 0.25) is 0 Å². The van der Waals surface area contributed by atoms with Crippen LogP contribution in [0.15, 0.2) is 109 Å². The highest BCUT2D eigenvalue weighted by molar-refractivity contribution is 5.26. The zero-order valence-corrected chi connectivity index (χ0v) is 16.5. The van der Waals surface area contributed by atoms with Crippen molar-refractivity contribution >= 4 is 0 Å². The van der Waals surface area contributed by atoms with Gasteiger partial charge < -0.3 is 9.47 Å². The first kappa shape index (κ1) is 20.6. The van der Waals surface area contributed by atoms with Gasteiger partial charge in [0.05, 0.1) is 0 Å². The van der Waals surface area contributed by atoms with Crippen molar-refractivity contribution in [1.29, 1.82) is 0 Å². The second-order valence-corrected chi connectivity index (χ2v) is 6.76. The van der Waals surface area contributed by atoms with Gasteiger partial charge in [-0.05, 0) is 48.5 Å². The summed E-state index contributed by atoms with van der Waals surface area (Å²) in [4.78, 5) is 0. The molecule has 0 aromatic heterocycles. The van der Waals surface area contributed by atoms with Crippen molar-refractivity contribution in [3.8, 4) is 11.5 Å². The van der Waals surface area contributed by atoms with Gasteiger partial charge in [0.15, 0.2) is 0 Å². The molecule has 0 bridgehead atoms. The Hall–Kier alpha value is -3.70. The summed E-state index contributed by atoms with van der Waals surface area (Å²) in [6.07, 6.45) is -1.67. The molecular weight excluding hydrogens is 398 g/mol. The van der Waals surface area contributed by atoms with E-state index >= 15 is 0 Å². The van der Waals surface area contributed by atoms with Gasteiger partial charge in [0.25, 0.3) is 0 Å². The molecule has 0 aliphatic heterocycles. The molecule has 2 unspecified atom stereocenters. The lowest BCUT2D eigenvalue weighted by atomic mass is 10.2. The lowest BCUT2D eigenvalue weighted by Gasteiger charge is -2.26. The first-order valence-electron chi connectivity index (χ1n) is 9.77. The predicted molar refractivity (Wildman–Crippen MR) is 114 cm³/mol. The van der Waals surface area contributed by atoms with E-state index in [1.165, 1.54) is 48.5 Å². The molecule has 0 saturated heterocycles. The minimum absolute atomic E-state index is 0.355. The quantitative estimate of drug-likeness (QED) is 0.293. The highest BCUT2D eigenvalue weighted by Crippen LogP contribution is 2.31. The molecule has 0 spiro atoms. The first-order chi connectivity index (χ1) is 15.2. The Bertz CT molecular complexity index is 980. The SMILES string of the molecule is Fc1ccc(OC(OC(Oc2ccc(F)cc2)c2ccccc2)c2ccccc2)cc1. The Morgan fingerprint density at radius 3 is 1.16 bits per heavy atom. The van der Waals surface area contributed by atoms with Crippen LogP contribution in [0.3, 0.4) is 0 Å². The first-order valence-corrected chi connectivity index (χ1v) is 9.77. The van der Waals surface area contributed by atoms with E-state index in [4.69, 9.17) is 14.2 Å². The van der Waals surface area contributed by atoms with Gasteiger partial charge in [0.2, 0.25) is 12.6 Å². The molecule has 0 saturated carbocycles. The molecule has 0 heterocycles. The molecule has 0 aliphatic rings. The van der Waals surface area contributed by atoms with Crippen LogP contribution in [0.4, 0.5) is 8.78 Å². The fourth-order valence-corrected chi connectivity index (χ4v) is 2.95. The smallest absolute Gasteiger partial charge is 0.230 e. The zero-order valence-electron chi connectivity index (χ0n) is 16.5. The van der Waals surface area contributed by atoms with E-state index in [2.05, 4.69) is 0 Å². The Morgan fingerprint density at radius 1 is 0.452 bits per heavy atom. The van der Waals surface area contributed by atoms with Crippen LogP contribution in [-0.4, -0.2) is 0 Å². The summed E-state index contributed by atoms with van der Waals surface area (Å²) in [6, 6.07) is 30.2. The number of hydrogen-bond acceptors (Lipinski definition) is 3. The van der Waals surface area contributed by atoms with E-state index in [1.807, 2.05) is 60.7 Å². The minimum atomic E-state index is -0.836. The number of rotatable bonds is 8. The minimum Gasteiger partial charge on any atom is -0.460 e. The predicted octanol–water partition coefficient (Wildman–Crippen LogP) is 6.84. The van der Waals surface area contributed by atoms with Gasteiger partial charge in [0.1, 0.15) is 23.1 Å². The largest absolute Gasteiger partial charge is 0.460 e. The summed E-state index contributed by atoms with van der Waals surface area (Å²) >= 11 is 0. The molecule has 4 rings (SSSR count). The van der Waals surface area contributed by atoms with Gasteiger partial charge in [-0.3, -0.25) is 4.74 Å². The summed E-state index contributed by atoms with van der Waals surface area (Å²) in [5.74, 6) is 0.186. The molecule has 4 aromatic rings. The third-order valence-corrected chi connectivity index (χ3v) is 4.50. The molecule has 0 radical (unpaired) electrons. The third-order valence-electron chi connectivity index (χ3n) is 4.50. The second-order valence-electron chi connectivity index (χ2n) is 6.76. The van der Waals surface area contributed by atoms with Gasteiger partial charge >= 0.3 is 0 Å². The monoisotopic (exact) mass is 418 g/mol. The Morgan fingerprint density at radius 2 is 0.806 bits per heavy atom. The normalized spacial score (nSPS) is 12.7. The molecule has 3 nitrogen and oxygen atoms in total. The van der Waals surface area contributed by atoms with Crippen molar-refractivity contribution in [3.05, 3.63) is 132 Å². The number of hydrogen-bond donors (Lipinski definition) is 0. The Kier molecular flexibility index (Phi) is 6.55. The van der Waals surface area contributed by atoms with Crippen molar-refractivity contribution in [2.45, 2.75) is 12.6 Å². The van der Waals surface area contributed by atoms with Crippen LogP contribution in [0.1, 0.15) is 23.7 Å². The molecule has 156 valence electrons. The van der Waals surface area contributed by atoms with Crippen LogP contribution in [0.5, 0.6) is 11.5 Å². The maximum atomic E-state index is 13.3. The summed E-state index contributed by atoms with van der Waals surface area (Å²) < 4.78 is 45.0. The average Bonchev–Trinajstić information content (AvgIpc) is 2.82. The summed E-state index contributed by atoms with van der Waals surface area (Å²) in [5, 5.41) is 0. The van der Waals surface area contributed by atoms with Crippen molar-refractivity contribution < 1.29 is 23.0 Å². The van der Waals surface area contributed by atoms with Gasteiger partial charge in [0, 0.05) is 11.1 Å². The van der Waals surface area contributed by atoms with Gasteiger partial charge in [-0.25, -0.2) is 8.78 Å². The average molecular weight is 418 g/mol. The molecule has 31 heavy (non-hydrogen) atoms. The van der Waals surface area contributed by atoms with Crippen molar-refractivity contribution in [3.63, 3.8) is 0 Å². The topological polar surface area (TPSA) is 27.7 Å². The Labute approximate surface area is 179 Å². The molecule has 0 amide bonds. The van der Waals surface area contributed by atoms with Crippen LogP contribution in [0.25, 0.3) is 0 Å². The summed E-state index contributed by atoms with van der Waals surface area (Å²) in [5.41, 5.74) is 1.52. The van der Waals surface area contributed by atoms with Gasteiger partial charge in [-0.15, -0.1) is 0 Å². The van der Waals surface area contributed by atoms with E-state index in [-0.39, 0.29) is 11.6 Å². The lowest BCUT2D eigenvalue weighted by Crippen LogP contribution is -2.20. The number of ether oxygens (including phenoxy) is 3. The van der Waals surface area contributed by atoms with Crippen molar-refractivity contribution in [2.24, 2.45) is 0 Å². The molecule has 0 aliphatic carbocycles. The maximum Gasteiger partial charge on any atom is 0.230 e. The summed E-state index contributed by atoms with van der Waals surface area (Å²) in [6.45, 7) is 0. The maximum absolute atomic E-state index is 13.3. The molecule has 2 atom stereocenters. The van der Waals surface area contributed by atoms with Gasteiger partial charge in [-0.1, -0.05) is 60.7 Å². The van der Waals surface area contributed by atoms with E-state index in [0.717, 1.165) is 11.1 Å². The number of halogens is 2. The van der Waals surface area contributed by atoms with Crippen LogP contribution >= 0.6 is 0 Å². The van der Waals surface area contributed by atoms with Crippen LogP contribution in [-0.2, 0) is 4.74 Å². The Balaban J connectivity index is 1.64. The van der Waals surface area contributed by atoms with Crippen molar-refractivity contribution in [2.75, 3.05) is 0 Å². The zero-order chi connectivity index (χ0) is 21.5. The highest BCUT2D eigenvalue weighted by atomic mass is 19.1. The van der Waals surface area contributed by atoms with Crippen molar-refractivity contribution in [1.82, 2.24) is 0 Å². The number of benzene rings is 4. The van der Waals surface area contributed by atoms with E-state index < -0.39 is 12.6 Å². The summed E-state index contributed by atoms with van der Waals surface area (Å²) in [7, 11) is 0. The van der Waals surface area contributed by atoms with Crippen LogP contribution < -0.4 is 9.47 Å². The molecule has 0 N–H and O–H groups in total. The standard InChI is InChI=1S/C26H20F2O3/c27-21-11-15-23(16-12-21)29-25(19-7-3-1-4-8-19)31-26(20-9-5-2-6-10-20)30-24-17-13-22(28)14-18-24/h1-18,25-26H. The molecule has 4 aromatic carbocycles.